The second kappa shape index (κ2) is 8.90. The number of nitrogens with two attached hydrogens (primary N) is 1. The molecule has 142 valence electrons. The minimum absolute atomic E-state index is 0.105. The molecule has 2 aromatic carbocycles. The number of primary amides is 1. The molecule has 0 radical (unpaired) electrons. The van der Waals surface area contributed by atoms with E-state index in [0.717, 1.165) is 29.0 Å². The molecule has 1 saturated heterocycles. The lowest BCUT2D eigenvalue weighted by atomic mass is 10.1. The molecule has 0 saturated carbocycles. The molecular formula is C20H22BrN3O3. The Morgan fingerprint density at radius 1 is 1.04 bits per heavy atom. The number of hydrogen-bond acceptors (Lipinski definition) is 4. The number of anilines is 1. The van der Waals surface area contributed by atoms with Gasteiger partial charge in [0.2, 0.25) is 11.8 Å². The smallest absolute Gasteiger partial charge is 0.248 e. The molecule has 0 unspecified atom stereocenters. The number of carbonyl (C=O) groups excluding carboxylic acids is 2. The molecule has 2 amide bonds. The number of piperazine rings is 1. The Bertz CT molecular complexity index is 802. The first-order valence-corrected chi connectivity index (χ1v) is 9.63. The molecule has 2 aromatic rings. The molecule has 0 aromatic heterocycles. The van der Waals surface area contributed by atoms with Gasteiger partial charge in [0, 0.05) is 41.9 Å². The van der Waals surface area contributed by atoms with Gasteiger partial charge in [0.25, 0.3) is 0 Å². The highest BCUT2D eigenvalue weighted by Gasteiger charge is 2.21. The molecule has 0 atom stereocenters. The molecule has 0 aliphatic carbocycles. The Morgan fingerprint density at radius 3 is 2.37 bits per heavy atom. The van der Waals surface area contributed by atoms with Crippen molar-refractivity contribution in [3.8, 4) is 5.75 Å². The van der Waals surface area contributed by atoms with Crippen LogP contribution in [0.4, 0.5) is 5.69 Å². The Balaban J connectivity index is 1.44. The first kappa shape index (κ1) is 19.2. The fraction of sp³-hybridized carbons (Fsp3) is 0.300. The van der Waals surface area contributed by atoms with Crippen LogP contribution in [0.15, 0.2) is 53.0 Å². The maximum Gasteiger partial charge on any atom is 0.248 e. The average molecular weight is 432 g/mol. The summed E-state index contributed by atoms with van der Waals surface area (Å²) in [6, 6.07) is 14.8. The topological polar surface area (TPSA) is 75.9 Å². The van der Waals surface area contributed by atoms with Gasteiger partial charge < -0.3 is 20.3 Å². The first-order chi connectivity index (χ1) is 13.0. The van der Waals surface area contributed by atoms with Crippen molar-refractivity contribution in [3.05, 3.63) is 58.6 Å². The summed E-state index contributed by atoms with van der Waals surface area (Å²) in [5.41, 5.74) is 6.80. The van der Waals surface area contributed by atoms with Gasteiger partial charge >= 0.3 is 0 Å². The summed E-state index contributed by atoms with van der Waals surface area (Å²) in [6.45, 7) is 3.23. The van der Waals surface area contributed by atoms with Crippen LogP contribution in [0.2, 0.25) is 0 Å². The van der Waals surface area contributed by atoms with Gasteiger partial charge in [-0.25, -0.2) is 0 Å². The lowest BCUT2D eigenvalue weighted by Gasteiger charge is -2.36. The van der Waals surface area contributed by atoms with E-state index in [4.69, 9.17) is 10.5 Å². The third-order valence-electron chi connectivity index (χ3n) is 4.53. The number of benzene rings is 2. The predicted molar refractivity (Wildman–Crippen MR) is 108 cm³/mol. The van der Waals surface area contributed by atoms with Gasteiger partial charge in [0.05, 0.1) is 13.0 Å². The van der Waals surface area contributed by atoms with E-state index in [1.807, 2.05) is 41.3 Å². The van der Waals surface area contributed by atoms with Gasteiger partial charge in [-0.05, 0) is 42.5 Å². The summed E-state index contributed by atoms with van der Waals surface area (Å²) in [4.78, 5) is 27.6. The van der Waals surface area contributed by atoms with Crippen molar-refractivity contribution in [1.82, 2.24) is 4.90 Å². The van der Waals surface area contributed by atoms with Crippen molar-refractivity contribution in [2.24, 2.45) is 5.73 Å². The van der Waals surface area contributed by atoms with E-state index >= 15 is 0 Å². The van der Waals surface area contributed by atoms with E-state index in [-0.39, 0.29) is 5.91 Å². The Morgan fingerprint density at radius 2 is 1.74 bits per heavy atom. The second-order valence-electron chi connectivity index (χ2n) is 6.33. The summed E-state index contributed by atoms with van der Waals surface area (Å²) >= 11 is 3.40. The fourth-order valence-corrected chi connectivity index (χ4v) is 3.40. The standard InChI is InChI=1S/C20H22BrN3O3/c21-16-2-1-3-18(14-16)27-13-8-19(25)24-11-9-23(10-12-24)17-6-4-15(5-7-17)20(22)26/h1-7,14H,8-13H2,(H2,22,26). The highest BCUT2D eigenvalue weighted by molar-refractivity contribution is 9.10. The molecule has 6 nitrogen and oxygen atoms in total. The zero-order valence-corrected chi connectivity index (χ0v) is 16.5. The predicted octanol–water partition coefficient (Wildman–Crippen LogP) is 2.67. The molecule has 1 fully saturated rings. The van der Waals surface area contributed by atoms with Crippen LogP contribution < -0.4 is 15.4 Å². The molecule has 3 rings (SSSR count). The summed E-state index contributed by atoms with van der Waals surface area (Å²) in [5, 5.41) is 0. The number of carbonyl (C=O) groups is 2. The van der Waals surface area contributed by atoms with E-state index in [1.54, 1.807) is 12.1 Å². The summed E-state index contributed by atoms with van der Waals surface area (Å²) < 4.78 is 6.59. The zero-order chi connectivity index (χ0) is 19.2. The van der Waals surface area contributed by atoms with E-state index in [0.29, 0.717) is 31.7 Å². The van der Waals surface area contributed by atoms with Gasteiger partial charge in [-0.2, -0.15) is 0 Å². The van der Waals surface area contributed by atoms with Crippen LogP contribution in [0.1, 0.15) is 16.8 Å². The summed E-state index contributed by atoms with van der Waals surface area (Å²) in [7, 11) is 0. The van der Waals surface area contributed by atoms with Crippen molar-refractivity contribution in [2.75, 3.05) is 37.7 Å². The van der Waals surface area contributed by atoms with Crippen LogP contribution in [0.25, 0.3) is 0 Å². The number of nitrogens with zero attached hydrogens (tertiary/aromatic N) is 2. The van der Waals surface area contributed by atoms with Gasteiger partial charge in [-0.1, -0.05) is 22.0 Å². The SMILES string of the molecule is NC(=O)c1ccc(N2CCN(C(=O)CCOc3cccc(Br)c3)CC2)cc1. The molecule has 0 bridgehead atoms. The molecule has 27 heavy (non-hydrogen) atoms. The van der Waals surface area contributed by atoms with Gasteiger partial charge in [0.1, 0.15) is 5.75 Å². The fourth-order valence-electron chi connectivity index (χ4n) is 3.02. The zero-order valence-electron chi connectivity index (χ0n) is 14.9. The van der Waals surface area contributed by atoms with Gasteiger partial charge in [0.15, 0.2) is 0 Å². The number of rotatable bonds is 6. The minimum atomic E-state index is -0.429. The minimum Gasteiger partial charge on any atom is -0.493 e. The second-order valence-corrected chi connectivity index (χ2v) is 7.25. The third kappa shape index (κ3) is 5.23. The van der Waals surface area contributed by atoms with Gasteiger partial charge in [-0.15, -0.1) is 0 Å². The van der Waals surface area contributed by atoms with Crippen LogP contribution in [-0.2, 0) is 4.79 Å². The normalized spacial score (nSPS) is 14.1. The van der Waals surface area contributed by atoms with E-state index in [1.165, 1.54) is 0 Å². The van der Waals surface area contributed by atoms with Crippen molar-refractivity contribution in [2.45, 2.75) is 6.42 Å². The van der Waals surface area contributed by atoms with Crippen LogP contribution in [-0.4, -0.2) is 49.5 Å². The lowest BCUT2D eigenvalue weighted by Crippen LogP contribution is -2.49. The van der Waals surface area contributed by atoms with Crippen LogP contribution in [0, 0.1) is 0 Å². The molecule has 2 N–H and O–H groups in total. The first-order valence-electron chi connectivity index (χ1n) is 8.84. The summed E-state index contributed by atoms with van der Waals surface area (Å²) in [5.74, 6) is 0.428. The molecule has 1 aliphatic rings. The van der Waals surface area contributed by atoms with E-state index < -0.39 is 5.91 Å². The van der Waals surface area contributed by atoms with E-state index in [9.17, 15) is 9.59 Å². The molecule has 1 heterocycles. The highest BCUT2D eigenvalue weighted by Crippen LogP contribution is 2.19. The maximum absolute atomic E-state index is 12.4. The Kier molecular flexibility index (Phi) is 6.34. The largest absolute Gasteiger partial charge is 0.493 e. The number of halogens is 1. The highest BCUT2D eigenvalue weighted by atomic mass is 79.9. The van der Waals surface area contributed by atoms with Crippen molar-refractivity contribution >= 4 is 33.4 Å². The van der Waals surface area contributed by atoms with Crippen molar-refractivity contribution < 1.29 is 14.3 Å². The van der Waals surface area contributed by atoms with Crippen molar-refractivity contribution in [3.63, 3.8) is 0 Å². The molecule has 7 heteroatoms. The molecule has 1 aliphatic heterocycles. The van der Waals surface area contributed by atoms with Crippen LogP contribution >= 0.6 is 15.9 Å². The lowest BCUT2D eigenvalue weighted by molar-refractivity contribution is -0.132. The Hall–Kier alpha value is -2.54. The number of ether oxygens (including phenoxy) is 1. The quantitative estimate of drug-likeness (QED) is 0.762. The monoisotopic (exact) mass is 431 g/mol. The van der Waals surface area contributed by atoms with Crippen LogP contribution in [0.5, 0.6) is 5.75 Å². The van der Waals surface area contributed by atoms with Crippen LogP contribution in [0.3, 0.4) is 0 Å². The Labute approximate surface area is 167 Å². The molecular weight excluding hydrogens is 410 g/mol. The van der Waals surface area contributed by atoms with Gasteiger partial charge in [-0.3, -0.25) is 9.59 Å². The number of amides is 2. The molecule has 0 spiro atoms. The van der Waals surface area contributed by atoms with Crippen molar-refractivity contribution in [1.29, 1.82) is 0 Å². The number of hydrogen-bond donors (Lipinski definition) is 1. The maximum atomic E-state index is 12.4. The van der Waals surface area contributed by atoms with E-state index in [2.05, 4.69) is 20.8 Å². The average Bonchev–Trinajstić information content (AvgIpc) is 2.68. The third-order valence-corrected chi connectivity index (χ3v) is 5.02. The summed E-state index contributed by atoms with van der Waals surface area (Å²) in [6.07, 6.45) is 0.361.